The number of carbonyl (C=O) groups excluding carboxylic acids is 1. The molecule has 2 aromatic rings. The van der Waals surface area contributed by atoms with Gasteiger partial charge in [-0.05, 0) is 48.9 Å². The minimum Gasteiger partial charge on any atom is -0.469 e. The summed E-state index contributed by atoms with van der Waals surface area (Å²) in [6, 6.07) is 12.6. The van der Waals surface area contributed by atoms with Crippen molar-refractivity contribution in [3.63, 3.8) is 0 Å². The summed E-state index contributed by atoms with van der Waals surface area (Å²) in [4.78, 5) is 12.0. The average molecular weight is 313 g/mol. The molecule has 1 aromatic carbocycles. The van der Waals surface area contributed by atoms with Crippen molar-refractivity contribution in [1.29, 1.82) is 0 Å². The van der Waals surface area contributed by atoms with Crippen LogP contribution in [0.3, 0.4) is 0 Å². The van der Waals surface area contributed by atoms with Crippen LogP contribution in [0.4, 0.5) is 0 Å². The molecule has 0 spiro atoms. The van der Waals surface area contributed by atoms with Gasteiger partial charge in [0.15, 0.2) is 0 Å². The Morgan fingerprint density at radius 1 is 1.09 bits per heavy atom. The first-order valence-corrected chi connectivity index (χ1v) is 8.45. The highest BCUT2D eigenvalue weighted by molar-refractivity contribution is 5.76. The fourth-order valence-electron chi connectivity index (χ4n) is 2.56. The van der Waals surface area contributed by atoms with E-state index in [0.29, 0.717) is 12.3 Å². The van der Waals surface area contributed by atoms with Gasteiger partial charge in [-0.1, -0.05) is 38.1 Å². The van der Waals surface area contributed by atoms with E-state index in [1.165, 1.54) is 11.1 Å². The highest BCUT2D eigenvalue weighted by Gasteiger charge is 2.09. The molecule has 0 saturated carbocycles. The summed E-state index contributed by atoms with van der Waals surface area (Å²) in [5, 5.41) is 3.06. The summed E-state index contributed by atoms with van der Waals surface area (Å²) >= 11 is 0. The molecule has 0 radical (unpaired) electrons. The van der Waals surface area contributed by atoms with Gasteiger partial charge in [0.1, 0.15) is 5.76 Å². The highest BCUT2D eigenvalue weighted by Crippen LogP contribution is 2.15. The number of carbonyl (C=O) groups is 1. The highest BCUT2D eigenvalue weighted by atomic mass is 16.3. The van der Waals surface area contributed by atoms with Crippen molar-refractivity contribution in [2.75, 3.05) is 0 Å². The maximum Gasteiger partial charge on any atom is 0.220 e. The molecule has 0 saturated heterocycles. The molecule has 0 bridgehead atoms. The first-order chi connectivity index (χ1) is 11.0. The number of amides is 1. The molecule has 124 valence electrons. The fourth-order valence-corrected chi connectivity index (χ4v) is 2.56. The zero-order valence-electron chi connectivity index (χ0n) is 14.3. The number of furan rings is 1. The molecule has 0 aliphatic carbocycles. The van der Waals surface area contributed by atoms with Crippen LogP contribution < -0.4 is 5.32 Å². The van der Waals surface area contributed by atoms with Crippen LogP contribution in [0.2, 0.25) is 0 Å². The van der Waals surface area contributed by atoms with E-state index >= 15 is 0 Å². The second-order valence-corrected chi connectivity index (χ2v) is 6.48. The zero-order chi connectivity index (χ0) is 16.7. The fraction of sp³-hybridized carbons (Fsp3) is 0.450. The molecule has 23 heavy (non-hydrogen) atoms. The number of hydrogen-bond donors (Lipinski definition) is 1. The lowest BCUT2D eigenvalue weighted by molar-refractivity contribution is -0.121. The van der Waals surface area contributed by atoms with Crippen LogP contribution in [0, 0.1) is 0 Å². The Balaban J connectivity index is 1.69. The predicted molar refractivity (Wildman–Crippen MR) is 93.5 cm³/mol. The largest absolute Gasteiger partial charge is 0.469 e. The lowest BCUT2D eigenvalue weighted by Gasteiger charge is -2.13. The Bertz CT molecular complexity index is 585. The standard InChI is InChI=1S/C20H27NO2/c1-15(2)18-10-7-17(8-11-18)9-13-20(22)21-16(3)6-12-19-5-4-14-23-19/h4-5,7-8,10-11,14-16H,6,9,12-13H2,1-3H3,(H,21,22)/t16-/m0/s1. The molecule has 1 amide bonds. The molecule has 2 rings (SSSR count). The Morgan fingerprint density at radius 2 is 1.83 bits per heavy atom. The smallest absolute Gasteiger partial charge is 0.220 e. The van der Waals surface area contributed by atoms with Crippen molar-refractivity contribution >= 4 is 5.91 Å². The maximum atomic E-state index is 12.0. The van der Waals surface area contributed by atoms with Crippen molar-refractivity contribution in [3.8, 4) is 0 Å². The predicted octanol–water partition coefficient (Wildman–Crippen LogP) is 4.47. The quantitative estimate of drug-likeness (QED) is 0.781. The van der Waals surface area contributed by atoms with E-state index in [1.54, 1.807) is 6.26 Å². The van der Waals surface area contributed by atoms with Crippen molar-refractivity contribution in [1.82, 2.24) is 5.32 Å². The van der Waals surface area contributed by atoms with Gasteiger partial charge in [-0.2, -0.15) is 0 Å². The normalized spacial score (nSPS) is 12.3. The van der Waals surface area contributed by atoms with Gasteiger partial charge in [-0.15, -0.1) is 0 Å². The summed E-state index contributed by atoms with van der Waals surface area (Å²) in [5.41, 5.74) is 2.55. The molecular formula is C20H27NO2. The molecule has 0 aliphatic heterocycles. The van der Waals surface area contributed by atoms with E-state index in [2.05, 4.69) is 43.4 Å². The topological polar surface area (TPSA) is 42.2 Å². The van der Waals surface area contributed by atoms with Crippen LogP contribution in [0.15, 0.2) is 47.1 Å². The summed E-state index contributed by atoms with van der Waals surface area (Å²) in [5.74, 6) is 1.63. The molecule has 1 aromatic heterocycles. The number of rotatable bonds is 8. The number of hydrogen-bond acceptors (Lipinski definition) is 2. The van der Waals surface area contributed by atoms with Gasteiger partial charge in [0.05, 0.1) is 6.26 Å². The first kappa shape index (κ1) is 17.3. The molecule has 1 atom stereocenters. The molecule has 1 N–H and O–H groups in total. The third-order valence-corrected chi connectivity index (χ3v) is 4.10. The summed E-state index contributed by atoms with van der Waals surface area (Å²) in [6.45, 7) is 6.41. The van der Waals surface area contributed by atoms with Crippen molar-refractivity contribution in [2.24, 2.45) is 0 Å². The number of nitrogens with one attached hydrogen (secondary N) is 1. The molecule has 0 aliphatic rings. The summed E-state index contributed by atoms with van der Waals surface area (Å²) in [7, 11) is 0. The molecule has 0 fully saturated rings. The molecular weight excluding hydrogens is 286 g/mol. The van der Waals surface area contributed by atoms with Gasteiger partial charge in [-0.25, -0.2) is 0 Å². The monoisotopic (exact) mass is 313 g/mol. The lowest BCUT2D eigenvalue weighted by Crippen LogP contribution is -2.33. The van der Waals surface area contributed by atoms with Gasteiger partial charge >= 0.3 is 0 Å². The second-order valence-electron chi connectivity index (χ2n) is 6.48. The lowest BCUT2D eigenvalue weighted by atomic mass is 10.0. The van der Waals surface area contributed by atoms with Crippen molar-refractivity contribution in [2.45, 2.75) is 58.4 Å². The van der Waals surface area contributed by atoms with E-state index < -0.39 is 0 Å². The molecule has 0 unspecified atom stereocenters. The van der Waals surface area contributed by atoms with Crippen LogP contribution in [0.1, 0.15) is 56.4 Å². The minimum absolute atomic E-state index is 0.116. The third kappa shape index (κ3) is 5.93. The number of aryl methyl sites for hydroxylation is 2. The maximum absolute atomic E-state index is 12.0. The SMILES string of the molecule is CC(C)c1ccc(CCC(=O)N[C@@H](C)CCc2ccco2)cc1. The van der Waals surface area contributed by atoms with E-state index in [4.69, 9.17) is 4.42 Å². The van der Waals surface area contributed by atoms with Gasteiger partial charge < -0.3 is 9.73 Å². The van der Waals surface area contributed by atoms with Gasteiger partial charge in [0.25, 0.3) is 0 Å². The molecule has 3 nitrogen and oxygen atoms in total. The van der Waals surface area contributed by atoms with E-state index in [9.17, 15) is 4.79 Å². The zero-order valence-corrected chi connectivity index (χ0v) is 14.3. The van der Waals surface area contributed by atoms with Crippen LogP contribution in [-0.2, 0) is 17.6 Å². The third-order valence-electron chi connectivity index (χ3n) is 4.10. The van der Waals surface area contributed by atoms with Gasteiger partial charge in [0.2, 0.25) is 5.91 Å². The van der Waals surface area contributed by atoms with Crippen LogP contribution in [0.25, 0.3) is 0 Å². The summed E-state index contributed by atoms with van der Waals surface area (Å²) in [6.07, 6.45) is 4.75. The van der Waals surface area contributed by atoms with E-state index in [1.807, 2.05) is 19.1 Å². The van der Waals surface area contributed by atoms with Crippen LogP contribution >= 0.6 is 0 Å². The van der Waals surface area contributed by atoms with Gasteiger partial charge in [-0.3, -0.25) is 4.79 Å². The Labute approximate surface area is 139 Å². The van der Waals surface area contributed by atoms with E-state index in [-0.39, 0.29) is 11.9 Å². The summed E-state index contributed by atoms with van der Waals surface area (Å²) < 4.78 is 5.31. The first-order valence-electron chi connectivity index (χ1n) is 8.45. The number of benzene rings is 1. The Morgan fingerprint density at radius 3 is 2.43 bits per heavy atom. The molecule has 3 heteroatoms. The Kier molecular flexibility index (Phi) is 6.45. The Hall–Kier alpha value is -2.03. The van der Waals surface area contributed by atoms with Crippen LogP contribution in [-0.4, -0.2) is 11.9 Å². The van der Waals surface area contributed by atoms with Gasteiger partial charge in [0, 0.05) is 18.9 Å². The van der Waals surface area contributed by atoms with Crippen LogP contribution in [0.5, 0.6) is 0 Å². The molecule has 1 heterocycles. The van der Waals surface area contributed by atoms with Crippen molar-refractivity contribution in [3.05, 3.63) is 59.5 Å². The van der Waals surface area contributed by atoms with Crippen molar-refractivity contribution < 1.29 is 9.21 Å². The van der Waals surface area contributed by atoms with E-state index in [0.717, 1.165) is 25.0 Å². The average Bonchev–Trinajstić information content (AvgIpc) is 3.05. The second kappa shape index (κ2) is 8.56. The minimum atomic E-state index is 0.116.